The molecule has 6 nitrogen and oxygen atoms in total. The van der Waals surface area contributed by atoms with Crippen molar-refractivity contribution in [3.63, 3.8) is 0 Å². The second kappa shape index (κ2) is 9.82. The number of ether oxygens (including phenoxy) is 1. The number of quaternary nitrogens is 1. The van der Waals surface area contributed by atoms with Crippen LogP contribution < -0.4 is 15.0 Å². The van der Waals surface area contributed by atoms with E-state index < -0.39 is 0 Å². The third-order valence-corrected chi connectivity index (χ3v) is 5.94. The highest BCUT2D eigenvalue weighted by Gasteiger charge is 2.15. The van der Waals surface area contributed by atoms with E-state index in [0.717, 1.165) is 12.4 Å². The molecule has 2 N–H and O–H groups in total. The number of benzene rings is 2. The number of hydrogen-bond acceptors (Lipinski definition) is 5. The van der Waals surface area contributed by atoms with E-state index in [2.05, 4.69) is 45.9 Å². The van der Waals surface area contributed by atoms with Crippen molar-refractivity contribution < 1.29 is 14.4 Å². The smallest absolute Gasteiger partial charge is 0.298 e. The third-order valence-electron chi connectivity index (χ3n) is 5.31. The van der Waals surface area contributed by atoms with E-state index in [9.17, 15) is 4.79 Å². The zero-order valence-corrected chi connectivity index (χ0v) is 18.0. The molecule has 0 radical (unpaired) electrons. The lowest BCUT2D eigenvalue weighted by molar-refractivity contribution is -0.886. The van der Waals surface area contributed by atoms with E-state index in [-0.39, 0.29) is 5.91 Å². The number of hydrogen-bond donors (Lipinski definition) is 2. The number of aryl methyl sites for hydroxylation is 1. The average molecular weight is 424 g/mol. The SMILES string of the molecule is Cc1ccc(Cc2nsc(Oc3cccc(C(=O)NCC[NH+]4CCCC4)c3)n2)cc1. The molecule has 0 saturated carbocycles. The first kappa shape index (κ1) is 20.5. The maximum atomic E-state index is 12.5. The van der Waals surface area contributed by atoms with Gasteiger partial charge in [0.25, 0.3) is 11.1 Å². The summed E-state index contributed by atoms with van der Waals surface area (Å²) in [5.74, 6) is 1.25. The summed E-state index contributed by atoms with van der Waals surface area (Å²) in [6, 6.07) is 15.5. The summed E-state index contributed by atoms with van der Waals surface area (Å²) in [5.41, 5.74) is 2.99. The first-order chi connectivity index (χ1) is 14.7. The number of nitrogens with one attached hydrogen (secondary N) is 2. The van der Waals surface area contributed by atoms with E-state index in [4.69, 9.17) is 4.74 Å². The molecule has 1 fully saturated rings. The maximum absolute atomic E-state index is 12.5. The van der Waals surface area contributed by atoms with Crippen LogP contribution >= 0.6 is 11.5 Å². The highest BCUT2D eigenvalue weighted by Crippen LogP contribution is 2.24. The summed E-state index contributed by atoms with van der Waals surface area (Å²) in [6.07, 6.45) is 3.25. The van der Waals surface area contributed by atoms with Crippen LogP contribution in [0.4, 0.5) is 0 Å². The van der Waals surface area contributed by atoms with Crippen molar-refractivity contribution in [3.8, 4) is 10.9 Å². The van der Waals surface area contributed by atoms with Crippen molar-refractivity contribution >= 4 is 17.4 Å². The summed E-state index contributed by atoms with van der Waals surface area (Å²) >= 11 is 1.22. The van der Waals surface area contributed by atoms with Gasteiger partial charge in [0.1, 0.15) is 5.75 Å². The molecular formula is C23H27N4O2S+. The van der Waals surface area contributed by atoms with Crippen LogP contribution in [0, 0.1) is 6.92 Å². The molecule has 1 saturated heterocycles. The Morgan fingerprint density at radius 2 is 1.97 bits per heavy atom. The standard InChI is InChI=1S/C23H26N4O2S/c1-17-7-9-18(10-8-17)15-21-25-23(30-26-21)29-20-6-4-5-19(16-20)22(28)24-11-14-27-12-2-3-13-27/h4-10,16H,2-3,11-15H2,1H3,(H,24,28)/p+1. The highest BCUT2D eigenvalue weighted by molar-refractivity contribution is 7.07. The minimum absolute atomic E-state index is 0.0728. The van der Waals surface area contributed by atoms with Gasteiger partial charge in [-0.15, -0.1) is 0 Å². The first-order valence-electron chi connectivity index (χ1n) is 10.4. The molecule has 2 heterocycles. The van der Waals surface area contributed by atoms with Gasteiger partial charge in [0.05, 0.1) is 26.2 Å². The Bertz CT molecular complexity index is 981. The van der Waals surface area contributed by atoms with Crippen molar-refractivity contribution in [1.29, 1.82) is 0 Å². The third kappa shape index (κ3) is 5.64. The lowest BCUT2D eigenvalue weighted by Crippen LogP contribution is -3.10. The fraction of sp³-hybridized carbons (Fsp3) is 0.348. The zero-order chi connectivity index (χ0) is 20.8. The van der Waals surface area contributed by atoms with Gasteiger partial charge < -0.3 is 15.0 Å². The van der Waals surface area contributed by atoms with E-state index in [1.165, 1.54) is 48.6 Å². The Morgan fingerprint density at radius 1 is 1.17 bits per heavy atom. The van der Waals surface area contributed by atoms with Crippen molar-refractivity contribution in [2.24, 2.45) is 0 Å². The average Bonchev–Trinajstić information content (AvgIpc) is 3.42. The number of carbonyl (C=O) groups is 1. The molecule has 1 amide bonds. The van der Waals surface area contributed by atoms with Crippen LogP contribution in [0.3, 0.4) is 0 Å². The van der Waals surface area contributed by atoms with Crippen LogP contribution in [-0.4, -0.2) is 41.4 Å². The van der Waals surface area contributed by atoms with Gasteiger partial charge >= 0.3 is 0 Å². The number of aromatic nitrogens is 2. The van der Waals surface area contributed by atoms with Gasteiger partial charge in [-0.05, 0) is 30.7 Å². The van der Waals surface area contributed by atoms with Crippen LogP contribution in [-0.2, 0) is 6.42 Å². The van der Waals surface area contributed by atoms with E-state index in [1.54, 1.807) is 17.0 Å². The second-order valence-corrected chi connectivity index (χ2v) is 8.45. The first-order valence-corrected chi connectivity index (χ1v) is 11.2. The summed E-state index contributed by atoms with van der Waals surface area (Å²) in [4.78, 5) is 18.5. The summed E-state index contributed by atoms with van der Waals surface area (Å²) < 4.78 is 10.2. The van der Waals surface area contributed by atoms with Crippen molar-refractivity contribution in [3.05, 3.63) is 71.0 Å². The summed E-state index contributed by atoms with van der Waals surface area (Å²) in [5, 5.41) is 3.49. The Hall–Kier alpha value is -2.77. The van der Waals surface area contributed by atoms with Gasteiger partial charge in [-0.2, -0.15) is 9.36 Å². The molecule has 0 unspecified atom stereocenters. The molecule has 3 aromatic rings. The minimum Gasteiger partial charge on any atom is -0.430 e. The second-order valence-electron chi connectivity index (χ2n) is 7.73. The number of rotatable bonds is 8. The van der Waals surface area contributed by atoms with Crippen molar-refractivity contribution in [2.45, 2.75) is 26.2 Å². The molecule has 1 aromatic heterocycles. The van der Waals surface area contributed by atoms with Crippen LogP contribution in [0.5, 0.6) is 10.9 Å². The van der Waals surface area contributed by atoms with Crippen molar-refractivity contribution in [2.75, 3.05) is 26.2 Å². The predicted octanol–water partition coefficient (Wildman–Crippen LogP) is 2.64. The Labute approximate surface area is 181 Å². The largest absolute Gasteiger partial charge is 0.430 e. The fourth-order valence-electron chi connectivity index (χ4n) is 3.62. The minimum atomic E-state index is -0.0728. The zero-order valence-electron chi connectivity index (χ0n) is 17.2. The predicted molar refractivity (Wildman–Crippen MR) is 118 cm³/mol. The van der Waals surface area contributed by atoms with Gasteiger partial charge in [-0.25, -0.2) is 0 Å². The van der Waals surface area contributed by atoms with E-state index >= 15 is 0 Å². The molecule has 4 rings (SSSR count). The number of carbonyl (C=O) groups excluding carboxylic acids is 1. The molecule has 1 aliphatic rings. The molecule has 7 heteroatoms. The number of nitrogens with zero attached hydrogens (tertiary/aromatic N) is 2. The Kier molecular flexibility index (Phi) is 6.71. The molecule has 0 bridgehead atoms. The van der Waals surface area contributed by atoms with Gasteiger partial charge in [0, 0.05) is 36.4 Å². The fourth-order valence-corrected chi connectivity index (χ4v) is 4.19. The Balaban J connectivity index is 1.32. The van der Waals surface area contributed by atoms with Crippen LogP contribution in [0.15, 0.2) is 48.5 Å². The topological polar surface area (TPSA) is 68.5 Å². The molecule has 0 spiro atoms. The van der Waals surface area contributed by atoms with Crippen LogP contribution in [0.2, 0.25) is 0 Å². The molecule has 0 aliphatic carbocycles. The maximum Gasteiger partial charge on any atom is 0.298 e. The van der Waals surface area contributed by atoms with E-state index in [1.807, 2.05) is 12.1 Å². The lowest BCUT2D eigenvalue weighted by Gasteiger charge is -2.12. The molecule has 2 aromatic carbocycles. The molecule has 1 aliphatic heterocycles. The van der Waals surface area contributed by atoms with Gasteiger partial charge in [0.15, 0.2) is 5.82 Å². The lowest BCUT2D eigenvalue weighted by atomic mass is 10.1. The van der Waals surface area contributed by atoms with Gasteiger partial charge in [-0.3, -0.25) is 4.79 Å². The van der Waals surface area contributed by atoms with Gasteiger partial charge in [0.2, 0.25) is 0 Å². The van der Waals surface area contributed by atoms with E-state index in [0.29, 0.717) is 29.5 Å². The number of likely N-dealkylation sites (tertiary alicyclic amines) is 1. The monoisotopic (exact) mass is 423 g/mol. The molecule has 156 valence electrons. The normalized spacial score (nSPS) is 14.0. The van der Waals surface area contributed by atoms with Gasteiger partial charge in [-0.1, -0.05) is 35.9 Å². The van der Waals surface area contributed by atoms with Crippen molar-refractivity contribution in [1.82, 2.24) is 14.7 Å². The summed E-state index contributed by atoms with van der Waals surface area (Å²) in [7, 11) is 0. The van der Waals surface area contributed by atoms with Crippen LogP contribution in [0.1, 0.15) is 40.2 Å². The molecular weight excluding hydrogens is 396 g/mol. The molecule has 0 atom stereocenters. The van der Waals surface area contributed by atoms with Crippen LogP contribution in [0.25, 0.3) is 0 Å². The quantitative estimate of drug-likeness (QED) is 0.585. The highest BCUT2D eigenvalue weighted by atomic mass is 32.1. The summed E-state index contributed by atoms with van der Waals surface area (Å²) in [6.45, 7) is 6.17. The Morgan fingerprint density at radius 3 is 2.77 bits per heavy atom. The number of amides is 1. The molecule has 30 heavy (non-hydrogen) atoms.